The molecule has 2 heterocycles. The van der Waals surface area contributed by atoms with E-state index in [-0.39, 0.29) is 11.8 Å². The molecule has 0 aromatic rings. The molecule has 72 valence electrons. The fourth-order valence-corrected chi connectivity index (χ4v) is 2.37. The van der Waals surface area contributed by atoms with E-state index in [0.29, 0.717) is 23.8 Å². The van der Waals surface area contributed by atoms with Crippen LogP contribution in [0.5, 0.6) is 0 Å². The number of carbonyl (C=O) groups is 1. The first-order valence-corrected chi connectivity index (χ1v) is 4.87. The van der Waals surface area contributed by atoms with Gasteiger partial charge in [-0.05, 0) is 26.2 Å². The van der Waals surface area contributed by atoms with Gasteiger partial charge in [-0.3, -0.25) is 4.79 Å². The first kappa shape index (κ1) is 8.75. The first-order valence-electron chi connectivity index (χ1n) is 4.87. The monoisotopic (exact) mass is 181 g/mol. The Labute approximate surface area is 77.8 Å². The van der Waals surface area contributed by atoms with Crippen LogP contribution < -0.4 is 5.32 Å². The van der Waals surface area contributed by atoms with Gasteiger partial charge in [0.1, 0.15) is 5.76 Å². The molecular weight excluding hydrogens is 166 g/mol. The third-order valence-corrected chi connectivity index (χ3v) is 3.01. The summed E-state index contributed by atoms with van der Waals surface area (Å²) in [5.74, 6) is 0.324. The molecule has 3 heteroatoms. The van der Waals surface area contributed by atoms with E-state index >= 15 is 0 Å². The largest absolute Gasteiger partial charge is 0.512 e. The van der Waals surface area contributed by atoms with Crippen molar-refractivity contribution in [2.75, 3.05) is 0 Å². The summed E-state index contributed by atoms with van der Waals surface area (Å²) in [6, 6.07) is 0.619. The van der Waals surface area contributed by atoms with Gasteiger partial charge < -0.3 is 10.4 Å². The van der Waals surface area contributed by atoms with E-state index in [1.807, 2.05) is 0 Å². The number of ketones is 1. The smallest absolute Gasteiger partial charge is 0.160 e. The predicted octanol–water partition coefficient (Wildman–Crippen LogP) is 1.30. The molecule has 2 aliphatic rings. The number of aliphatic hydroxyl groups excluding tert-OH is 1. The average Bonchev–Trinajstić information content (AvgIpc) is 2.41. The first-order chi connectivity index (χ1) is 6.18. The second-order valence-electron chi connectivity index (χ2n) is 3.95. The van der Waals surface area contributed by atoms with Gasteiger partial charge in [-0.2, -0.15) is 0 Å². The summed E-state index contributed by atoms with van der Waals surface area (Å²) in [5.41, 5.74) is 0.625. The molecule has 0 aromatic carbocycles. The van der Waals surface area contributed by atoms with Crippen molar-refractivity contribution in [3.05, 3.63) is 11.3 Å². The number of hydrogen-bond donors (Lipinski definition) is 2. The highest BCUT2D eigenvalue weighted by molar-refractivity contribution is 5.95. The van der Waals surface area contributed by atoms with E-state index < -0.39 is 0 Å². The van der Waals surface area contributed by atoms with Gasteiger partial charge in [0.15, 0.2) is 5.78 Å². The molecule has 0 radical (unpaired) electrons. The summed E-state index contributed by atoms with van der Waals surface area (Å²) in [6.45, 7) is 1.53. The molecule has 2 bridgehead atoms. The van der Waals surface area contributed by atoms with Crippen LogP contribution in [0.25, 0.3) is 0 Å². The molecule has 2 N–H and O–H groups in total. The van der Waals surface area contributed by atoms with Gasteiger partial charge in [-0.15, -0.1) is 0 Å². The quantitative estimate of drug-likeness (QED) is 0.641. The van der Waals surface area contributed by atoms with E-state index in [1.165, 1.54) is 6.92 Å². The lowest BCUT2D eigenvalue weighted by molar-refractivity contribution is -0.114. The van der Waals surface area contributed by atoms with Crippen LogP contribution in [0.3, 0.4) is 0 Å². The third-order valence-electron chi connectivity index (χ3n) is 3.01. The Morgan fingerprint density at radius 1 is 1.46 bits per heavy atom. The van der Waals surface area contributed by atoms with Crippen LogP contribution in [0.4, 0.5) is 0 Å². The van der Waals surface area contributed by atoms with Crippen LogP contribution in [0.15, 0.2) is 11.3 Å². The summed E-state index contributed by atoms with van der Waals surface area (Å²) >= 11 is 0. The Bertz CT molecular complexity index is 270. The number of carbonyl (C=O) groups excluding carboxylic acids is 1. The number of nitrogens with one attached hydrogen (secondary N) is 1. The van der Waals surface area contributed by atoms with E-state index in [2.05, 4.69) is 5.32 Å². The number of rotatable bonds is 1. The van der Waals surface area contributed by atoms with Crippen molar-refractivity contribution >= 4 is 5.78 Å². The Balaban J connectivity index is 2.31. The maximum Gasteiger partial charge on any atom is 0.160 e. The Morgan fingerprint density at radius 3 is 2.92 bits per heavy atom. The van der Waals surface area contributed by atoms with Crippen LogP contribution in [0.2, 0.25) is 0 Å². The van der Waals surface area contributed by atoms with Crippen molar-refractivity contribution < 1.29 is 9.90 Å². The minimum absolute atomic E-state index is 0.0116. The lowest BCUT2D eigenvalue weighted by Gasteiger charge is -2.12. The van der Waals surface area contributed by atoms with Gasteiger partial charge in [-0.25, -0.2) is 0 Å². The summed E-state index contributed by atoms with van der Waals surface area (Å²) in [4.78, 5) is 11.3. The van der Waals surface area contributed by atoms with Gasteiger partial charge in [-0.1, -0.05) is 0 Å². The highest BCUT2D eigenvalue weighted by Crippen LogP contribution is 2.29. The second kappa shape index (κ2) is 3.14. The number of aliphatic hydroxyl groups is 1. The standard InChI is InChI=1S/C10H15NO2/c1-6(12)10-8-4-2-7(11-8)3-5-9(10)13/h7-8,11,13H,2-5H2,1H3/t7-,8+/m0/s1. The molecule has 1 fully saturated rings. The molecule has 1 saturated heterocycles. The molecule has 0 aromatic heterocycles. The van der Waals surface area contributed by atoms with Crippen LogP contribution >= 0.6 is 0 Å². The topological polar surface area (TPSA) is 49.3 Å². The SMILES string of the molecule is CC(=O)C1=C(O)CC[C@@H]2CC[C@H]1N2. The minimum Gasteiger partial charge on any atom is -0.512 e. The zero-order chi connectivity index (χ0) is 9.42. The zero-order valence-electron chi connectivity index (χ0n) is 7.84. The summed E-state index contributed by atoms with van der Waals surface area (Å²) in [6.07, 6.45) is 3.74. The number of hydrogen-bond acceptors (Lipinski definition) is 3. The van der Waals surface area contributed by atoms with Gasteiger partial charge in [0.2, 0.25) is 0 Å². The van der Waals surface area contributed by atoms with E-state index in [1.54, 1.807) is 0 Å². The molecule has 0 saturated carbocycles. The van der Waals surface area contributed by atoms with Gasteiger partial charge in [0.25, 0.3) is 0 Å². The predicted molar refractivity (Wildman–Crippen MR) is 49.5 cm³/mol. The summed E-state index contributed by atoms with van der Waals surface area (Å²) in [7, 11) is 0. The molecule has 0 unspecified atom stereocenters. The van der Waals surface area contributed by atoms with Crippen LogP contribution in [0, 0.1) is 0 Å². The maximum atomic E-state index is 11.3. The highest BCUT2D eigenvalue weighted by Gasteiger charge is 2.33. The molecule has 0 amide bonds. The Morgan fingerprint density at radius 2 is 2.23 bits per heavy atom. The summed E-state index contributed by atoms with van der Waals surface area (Å²) < 4.78 is 0. The van der Waals surface area contributed by atoms with Crippen molar-refractivity contribution in [3.8, 4) is 0 Å². The molecule has 13 heavy (non-hydrogen) atoms. The number of fused-ring (bicyclic) bond motifs is 2. The van der Waals surface area contributed by atoms with Crippen molar-refractivity contribution in [2.24, 2.45) is 0 Å². The highest BCUT2D eigenvalue weighted by atomic mass is 16.3. The second-order valence-corrected chi connectivity index (χ2v) is 3.95. The zero-order valence-corrected chi connectivity index (χ0v) is 7.84. The molecule has 0 spiro atoms. The van der Waals surface area contributed by atoms with Crippen molar-refractivity contribution in [1.82, 2.24) is 5.32 Å². The lowest BCUT2D eigenvalue weighted by atomic mass is 9.96. The van der Waals surface area contributed by atoms with Crippen LogP contribution in [0.1, 0.15) is 32.6 Å². The molecular formula is C10H15NO2. The number of Topliss-reactive ketones (excluding diaryl/α,β-unsaturated/α-hetero) is 1. The fraction of sp³-hybridized carbons (Fsp3) is 0.700. The van der Waals surface area contributed by atoms with E-state index in [9.17, 15) is 9.90 Å². The molecule has 2 atom stereocenters. The van der Waals surface area contributed by atoms with Crippen molar-refractivity contribution in [3.63, 3.8) is 0 Å². The van der Waals surface area contributed by atoms with E-state index in [0.717, 1.165) is 19.3 Å². The number of allylic oxidation sites excluding steroid dienone is 1. The third kappa shape index (κ3) is 1.48. The molecule has 2 aliphatic heterocycles. The Kier molecular flexibility index (Phi) is 2.12. The van der Waals surface area contributed by atoms with Crippen molar-refractivity contribution in [2.45, 2.75) is 44.7 Å². The molecule has 3 nitrogen and oxygen atoms in total. The molecule has 0 aliphatic carbocycles. The van der Waals surface area contributed by atoms with Gasteiger partial charge in [0.05, 0.1) is 0 Å². The van der Waals surface area contributed by atoms with Gasteiger partial charge >= 0.3 is 0 Å². The van der Waals surface area contributed by atoms with Crippen molar-refractivity contribution in [1.29, 1.82) is 0 Å². The maximum absolute atomic E-state index is 11.3. The molecule has 2 rings (SSSR count). The van der Waals surface area contributed by atoms with Crippen LogP contribution in [-0.4, -0.2) is 23.0 Å². The lowest BCUT2D eigenvalue weighted by Crippen LogP contribution is -2.31. The van der Waals surface area contributed by atoms with Crippen LogP contribution in [-0.2, 0) is 4.79 Å². The fourth-order valence-electron chi connectivity index (χ4n) is 2.37. The van der Waals surface area contributed by atoms with E-state index in [4.69, 9.17) is 0 Å². The average molecular weight is 181 g/mol. The van der Waals surface area contributed by atoms with Gasteiger partial charge in [0, 0.05) is 24.1 Å². The normalized spacial score (nSPS) is 33.3. The minimum atomic E-state index is 0.0116. The summed E-state index contributed by atoms with van der Waals surface area (Å²) in [5, 5.41) is 13.0. The Hall–Kier alpha value is -0.830.